The van der Waals surface area contributed by atoms with Gasteiger partial charge in [-0.3, -0.25) is 4.79 Å². The number of aromatic nitrogens is 1. The van der Waals surface area contributed by atoms with Gasteiger partial charge in [0.2, 0.25) is 5.89 Å². The van der Waals surface area contributed by atoms with Crippen molar-refractivity contribution in [2.75, 3.05) is 17.6 Å². The van der Waals surface area contributed by atoms with Crippen molar-refractivity contribution < 1.29 is 9.21 Å². The number of hydrogen-bond donors (Lipinski definition) is 3. The highest BCUT2D eigenvalue weighted by molar-refractivity contribution is 6.00. The van der Waals surface area contributed by atoms with Gasteiger partial charge in [-0.2, -0.15) is 0 Å². The van der Waals surface area contributed by atoms with E-state index in [4.69, 9.17) is 10.2 Å². The predicted octanol–water partition coefficient (Wildman–Crippen LogP) is 2.24. The molecule has 0 atom stereocenters. The molecule has 0 saturated heterocycles. The Kier molecular flexibility index (Phi) is 4.47. The lowest BCUT2D eigenvalue weighted by Gasteiger charge is -2.11. The summed E-state index contributed by atoms with van der Waals surface area (Å²) in [7, 11) is 0. The molecule has 2 aromatic rings. The molecule has 21 heavy (non-hydrogen) atoms. The predicted molar refractivity (Wildman–Crippen MR) is 82.2 cm³/mol. The first-order valence-corrected chi connectivity index (χ1v) is 6.85. The Balaban J connectivity index is 2.18. The maximum atomic E-state index is 12.0. The van der Waals surface area contributed by atoms with Gasteiger partial charge in [0, 0.05) is 17.9 Å². The summed E-state index contributed by atoms with van der Waals surface area (Å²) in [4.78, 5) is 16.3. The monoisotopic (exact) mass is 288 g/mol. The van der Waals surface area contributed by atoms with E-state index in [2.05, 4.69) is 15.6 Å². The van der Waals surface area contributed by atoms with Gasteiger partial charge in [-0.1, -0.05) is 0 Å². The second-order valence-electron chi connectivity index (χ2n) is 4.77. The molecule has 1 aromatic carbocycles. The van der Waals surface area contributed by atoms with Gasteiger partial charge >= 0.3 is 0 Å². The van der Waals surface area contributed by atoms with Crippen LogP contribution in [0.25, 0.3) is 0 Å². The minimum atomic E-state index is -0.139. The van der Waals surface area contributed by atoms with Crippen LogP contribution in [0.1, 0.15) is 34.6 Å². The van der Waals surface area contributed by atoms with Crippen LogP contribution in [0.3, 0.4) is 0 Å². The average Bonchev–Trinajstić information content (AvgIpc) is 2.76. The Morgan fingerprint density at radius 2 is 2.14 bits per heavy atom. The minimum Gasteiger partial charge on any atom is -0.444 e. The molecular weight excluding hydrogens is 268 g/mol. The van der Waals surface area contributed by atoms with Gasteiger partial charge < -0.3 is 20.8 Å². The number of hydrogen-bond acceptors (Lipinski definition) is 5. The van der Waals surface area contributed by atoms with Crippen LogP contribution in [-0.2, 0) is 6.54 Å². The third kappa shape index (κ3) is 3.53. The van der Waals surface area contributed by atoms with Crippen LogP contribution in [0.15, 0.2) is 22.6 Å². The van der Waals surface area contributed by atoms with E-state index in [-0.39, 0.29) is 5.91 Å². The largest absolute Gasteiger partial charge is 0.444 e. The second kappa shape index (κ2) is 6.30. The molecule has 6 heteroatoms. The molecule has 0 aliphatic heterocycles. The fourth-order valence-electron chi connectivity index (χ4n) is 1.95. The molecule has 2 rings (SSSR count). The van der Waals surface area contributed by atoms with Crippen LogP contribution in [-0.4, -0.2) is 17.4 Å². The first-order chi connectivity index (χ1) is 10.0. The number of rotatable bonds is 5. The van der Waals surface area contributed by atoms with Gasteiger partial charge in [0.25, 0.3) is 5.91 Å². The molecule has 0 spiro atoms. The van der Waals surface area contributed by atoms with Crippen LogP contribution in [0, 0.1) is 13.8 Å². The van der Waals surface area contributed by atoms with Crippen LogP contribution in [0.2, 0.25) is 0 Å². The lowest BCUT2D eigenvalue weighted by Crippen LogP contribution is -2.24. The van der Waals surface area contributed by atoms with E-state index < -0.39 is 0 Å². The van der Waals surface area contributed by atoms with E-state index in [1.54, 1.807) is 18.2 Å². The molecule has 0 unspecified atom stereocenters. The zero-order chi connectivity index (χ0) is 15.4. The third-order valence-corrected chi connectivity index (χ3v) is 3.13. The number of carbonyl (C=O) groups is 1. The summed E-state index contributed by atoms with van der Waals surface area (Å²) in [6.45, 7) is 6.60. The topological polar surface area (TPSA) is 93.2 Å². The first-order valence-electron chi connectivity index (χ1n) is 6.85. The smallest absolute Gasteiger partial charge is 0.253 e. The third-order valence-electron chi connectivity index (χ3n) is 3.13. The highest BCUT2D eigenvalue weighted by Gasteiger charge is 2.12. The van der Waals surface area contributed by atoms with Crippen LogP contribution in [0.4, 0.5) is 11.4 Å². The van der Waals surface area contributed by atoms with Gasteiger partial charge in [-0.05, 0) is 39.0 Å². The van der Waals surface area contributed by atoms with Crippen molar-refractivity contribution in [2.45, 2.75) is 27.3 Å². The summed E-state index contributed by atoms with van der Waals surface area (Å²) < 4.78 is 5.51. The number of benzene rings is 1. The normalized spacial score (nSPS) is 10.4. The quantitative estimate of drug-likeness (QED) is 0.734. The van der Waals surface area contributed by atoms with Crippen molar-refractivity contribution in [3.63, 3.8) is 0 Å². The number of oxazole rings is 1. The number of nitrogens with two attached hydrogens (primary N) is 1. The minimum absolute atomic E-state index is 0.139. The van der Waals surface area contributed by atoms with E-state index in [0.29, 0.717) is 35.9 Å². The van der Waals surface area contributed by atoms with Crippen LogP contribution < -0.4 is 16.4 Å². The number of nitrogens with one attached hydrogen (secondary N) is 2. The van der Waals surface area contributed by atoms with E-state index in [9.17, 15) is 4.79 Å². The van der Waals surface area contributed by atoms with E-state index >= 15 is 0 Å². The van der Waals surface area contributed by atoms with Gasteiger partial charge in [-0.15, -0.1) is 0 Å². The standard InChI is InChI=1S/C15H20N4O2/c1-4-17-15(20)12-6-5-11(16)7-13(12)18-8-14-19-9(2)10(3)21-14/h5-7,18H,4,8,16H2,1-3H3,(H,17,20). The molecule has 4 N–H and O–H groups in total. The number of aryl methyl sites for hydroxylation is 2. The van der Waals surface area contributed by atoms with Crippen LogP contribution >= 0.6 is 0 Å². The van der Waals surface area contributed by atoms with Crippen molar-refractivity contribution in [2.24, 2.45) is 0 Å². The molecule has 0 bridgehead atoms. The van der Waals surface area contributed by atoms with E-state index in [1.165, 1.54) is 0 Å². The Bertz CT molecular complexity index is 630. The van der Waals surface area contributed by atoms with Crippen molar-refractivity contribution in [3.8, 4) is 0 Å². The SMILES string of the molecule is CCNC(=O)c1ccc(N)cc1NCc1nc(C)c(C)o1. The van der Waals surface area contributed by atoms with E-state index in [0.717, 1.165) is 11.5 Å². The molecule has 1 amide bonds. The number of nitrogens with zero attached hydrogens (tertiary/aromatic N) is 1. The molecular formula is C15H20N4O2. The van der Waals surface area contributed by atoms with Crippen molar-refractivity contribution >= 4 is 17.3 Å². The van der Waals surface area contributed by atoms with Crippen molar-refractivity contribution in [3.05, 3.63) is 41.1 Å². The second-order valence-corrected chi connectivity index (χ2v) is 4.77. The highest BCUT2D eigenvalue weighted by atomic mass is 16.4. The Morgan fingerprint density at radius 3 is 2.76 bits per heavy atom. The van der Waals surface area contributed by atoms with Gasteiger partial charge in [0.1, 0.15) is 5.76 Å². The van der Waals surface area contributed by atoms with Gasteiger partial charge in [0.15, 0.2) is 0 Å². The molecule has 112 valence electrons. The number of nitrogen functional groups attached to an aromatic ring is 1. The summed E-state index contributed by atoms with van der Waals surface area (Å²) in [6.07, 6.45) is 0. The maximum absolute atomic E-state index is 12.0. The molecule has 1 aromatic heterocycles. The number of amides is 1. The van der Waals surface area contributed by atoms with Crippen LogP contribution in [0.5, 0.6) is 0 Å². The summed E-state index contributed by atoms with van der Waals surface area (Å²) in [6, 6.07) is 5.14. The lowest BCUT2D eigenvalue weighted by molar-refractivity contribution is 0.0956. The van der Waals surface area contributed by atoms with Crippen molar-refractivity contribution in [1.82, 2.24) is 10.3 Å². The molecule has 0 radical (unpaired) electrons. The molecule has 0 aliphatic carbocycles. The molecule has 1 heterocycles. The number of carbonyl (C=O) groups excluding carboxylic acids is 1. The fourth-order valence-corrected chi connectivity index (χ4v) is 1.95. The fraction of sp³-hybridized carbons (Fsp3) is 0.333. The van der Waals surface area contributed by atoms with Gasteiger partial charge in [-0.25, -0.2) is 4.98 Å². The number of anilines is 2. The maximum Gasteiger partial charge on any atom is 0.253 e. The summed E-state index contributed by atoms with van der Waals surface area (Å²) in [5.41, 5.74) is 8.45. The first kappa shape index (κ1) is 14.9. The Morgan fingerprint density at radius 1 is 1.38 bits per heavy atom. The van der Waals surface area contributed by atoms with E-state index in [1.807, 2.05) is 20.8 Å². The molecule has 6 nitrogen and oxygen atoms in total. The summed E-state index contributed by atoms with van der Waals surface area (Å²) >= 11 is 0. The molecule has 0 fully saturated rings. The highest BCUT2D eigenvalue weighted by Crippen LogP contribution is 2.20. The summed E-state index contributed by atoms with van der Waals surface area (Å²) in [5, 5.41) is 5.93. The molecule has 0 aliphatic rings. The lowest BCUT2D eigenvalue weighted by atomic mass is 10.1. The zero-order valence-corrected chi connectivity index (χ0v) is 12.5. The average molecular weight is 288 g/mol. The van der Waals surface area contributed by atoms with Gasteiger partial charge in [0.05, 0.1) is 17.8 Å². The summed E-state index contributed by atoms with van der Waals surface area (Å²) in [5.74, 6) is 1.23. The van der Waals surface area contributed by atoms with Crippen molar-refractivity contribution in [1.29, 1.82) is 0 Å². The Hall–Kier alpha value is -2.50. The Labute approximate surface area is 123 Å². The zero-order valence-electron chi connectivity index (χ0n) is 12.5. The molecule has 0 saturated carbocycles.